The monoisotopic (exact) mass is 282 g/mol. The fourth-order valence-electron chi connectivity index (χ4n) is 1.94. The van der Waals surface area contributed by atoms with Crippen LogP contribution in [-0.4, -0.2) is 50.2 Å². The van der Waals surface area contributed by atoms with Gasteiger partial charge >= 0.3 is 0 Å². The van der Waals surface area contributed by atoms with E-state index in [0.29, 0.717) is 0 Å². The molecule has 1 saturated heterocycles. The van der Waals surface area contributed by atoms with Crippen LogP contribution in [0.5, 0.6) is 0 Å². The predicted molar refractivity (Wildman–Crippen MR) is 66.7 cm³/mol. The molecule has 0 bridgehead atoms. The van der Waals surface area contributed by atoms with Gasteiger partial charge in [-0.3, -0.25) is 0 Å². The Bertz CT molecular complexity index is 594. The summed E-state index contributed by atoms with van der Waals surface area (Å²) >= 11 is 0. The third-order valence-electron chi connectivity index (χ3n) is 2.93. The molecule has 1 N–H and O–H groups in total. The lowest BCUT2D eigenvalue weighted by Crippen LogP contribution is -2.46. The highest BCUT2D eigenvalue weighted by Gasteiger charge is 2.31. The largest absolute Gasteiger partial charge is 0.394 e. The Morgan fingerprint density at radius 2 is 2.21 bits per heavy atom. The van der Waals surface area contributed by atoms with E-state index < -0.39 is 16.1 Å². The minimum atomic E-state index is -3.73. The van der Waals surface area contributed by atoms with Gasteiger partial charge in [0.25, 0.3) is 0 Å². The van der Waals surface area contributed by atoms with Crippen LogP contribution in [-0.2, 0) is 14.8 Å². The Kier molecular flexibility index (Phi) is 4.17. The first kappa shape index (κ1) is 14.0. The van der Waals surface area contributed by atoms with Gasteiger partial charge in [-0.05, 0) is 12.1 Å². The Morgan fingerprint density at radius 3 is 2.89 bits per heavy atom. The number of rotatable bonds is 3. The van der Waals surface area contributed by atoms with Crippen LogP contribution in [0.2, 0.25) is 0 Å². The highest BCUT2D eigenvalue weighted by Crippen LogP contribution is 2.21. The maximum Gasteiger partial charge on any atom is 0.244 e. The van der Waals surface area contributed by atoms with Crippen molar-refractivity contribution in [1.82, 2.24) is 4.31 Å². The molecule has 2 rings (SSSR count). The fraction of sp³-hybridized carbons (Fsp3) is 0.417. The molecular weight excluding hydrogens is 268 g/mol. The van der Waals surface area contributed by atoms with Crippen molar-refractivity contribution in [3.8, 4) is 6.07 Å². The zero-order chi connectivity index (χ0) is 13.9. The number of aliphatic hydroxyl groups is 1. The molecule has 1 unspecified atom stereocenters. The molecule has 0 saturated carbocycles. The number of ether oxygens (including phenoxy) is 1. The molecule has 1 fully saturated rings. The number of aliphatic hydroxyl groups excluding tert-OH is 1. The number of hydrogen-bond acceptors (Lipinski definition) is 5. The second-order valence-electron chi connectivity index (χ2n) is 4.15. The van der Waals surface area contributed by atoms with E-state index in [-0.39, 0.29) is 36.8 Å². The van der Waals surface area contributed by atoms with Crippen LogP contribution in [0.25, 0.3) is 0 Å². The minimum absolute atomic E-state index is 0.00362. The van der Waals surface area contributed by atoms with Crippen molar-refractivity contribution in [3.05, 3.63) is 29.8 Å². The van der Waals surface area contributed by atoms with Gasteiger partial charge < -0.3 is 9.84 Å². The Hall–Kier alpha value is -1.46. The number of sulfonamides is 1. The molecule has 1 atom stereocenters. The average Bonchev–Trinajstić information content (AvgIpc) is 2.47. The normalized spacial score (nSPS) is 20.9. The molecule has 6 nitrogen and oxygen atoms in total. The van der Waals surface area contributed by atoms with Gasteiger partial charge in [-0.25, -0.2) is 8.42 Å². The van der Waals surface area contributed by atoms with Gasteiger partial charge in [0.2, 0.25) is 10.0 Å². The van der Waals surface area contributed by atoms with E-state index in [4.69, 9.17) is 15.1 Å². The third-order valence-corrected chi connectivity index (χ3v) is 4.85. The average molecular weight is 282 g/mol. The van der Waals surface area contributed by atoms with E-state index in [9.17, 15) is 8.42 Å². The Labute approximate surface area is 111 Å². The van der Waals surface area contributed by atoms with E-state index in [1.54, 1.807) is 12.1 Å². The lowest BCUT2D eigenvalue weighted by atomic mass is 10.2. The van der Waals surface area contributed by atoms with Crippen molar-refractivity contribution in [2.45, 2.75) is 11.0 Å². The van der Waals surface area contributed by atoms with E-state index >= 15 is 0 Å². The van der Waals surface area contributed by atoms with Crippen molar-refractivity contribution in [1.29, 1.82) is 5.26 Å². The molecule has 0 aliphatic carbocycles. The smallest absolute Gasteiger partial charge is 0.244 e. The number of benzene rings is 1. The fourth-order valence-corrected chi connectivity index (χ4v) is 3.54. The molecule has 102 valence electrons. The van der Waals surface area contributed by atoms with Crippen LogP contribution < -0.4 is 0 Å². The number of nitriles is 1. The van der Waals surface area contributed by atoms with Crippen molar-refractivity contribution in [2.75, 3.05) is 26.3 Å². The summed E-state index contributed by atoms with van der Waals surface area (Å²) in [5.74, 6) is 0. The number of nitrogens with zero attached hydrogens (tertiary/aromatic N) is 2. The molecule has 0 aromatic heterocycles. The maximum absolute atomic E-state index is 12.5. The summed E-state index contributed by atoms with van der Waals surface area (Å²) in [6.45, 7) is 0.322. The number of hydrogen-bond donors (Lipinski definition) is 1. The SMILES string of the molecule is N#Cc1ccccc1S(=O)(=O)N1CCOC(CO)C1. The molecule has 0 spiro atoms. The minimum Gasteiger partial charge on any atom is -0.394 e. The van der Waals surface area contributed by atoms with Gasteiger partial charge in [0.1, 0.15) is 6.07 Å². The topological polar surface area (TPSA) is 90.6 Å². The van der Waals surface area contributed by atoms with Gasteiger partial charge in [-0.15, -0.1) is 0 Å². The second-order valence-corrected chi connectivity index (χ2v) is 6.05. The van der Waals surface area contributed by atoms with E-state index in [1.807, 2.05) is 6.07 Å². The maximum atomic E-state index is 12.5. The van der Waals surface area contributed by atoms with Gasteiger partial charge in [0.05, 0.1) is 29.8 Å². The first-order valence-electron chi connectivity index (χ1n) is 5.81. The molecule has 1 aliphatic heterocycles. The quantitative estimate of drug-likeness (QED) is 0.838. The standard InChI is InChI=1S/C12H14N2O4S/c13-7-10-3-1-2-4-12(10)19(16,17)14-5-6-18-11(8-14)9-15/h1-4,11,15H,5-6,8-9H2. The summed E-state index contributed by atoms with van der Waals surface area (Å²) in [7, 11) is -3.73. The summed E-state index contributed by atoms with van der Waals surface area (Å²) in [6, 6.07) is 7.96. The molecule has 0 amide bonds. The van der Waals surface area contributed by atoms with E-state index in [2.05, 4.69) is 0 Å². The van der Waals surface area contributed by atoms with Gasteiger partial charge in [0, 0.05) is 13.1 Å². The first-order valence-corrected chi connectivity index (χ1v) is 7.25. The van der Waals surface area contributed by atoms with Gasteiger partial charge in [-0.2, -0.15) is 9.57 Å². The highest BCUT2D eigenvalue weighted by atomic mass is 32.2. The summed E-state index contributed by atoms with van der Waals surface area (Å²) in [4.78, 5) is -0.00362. The van der Waals surface area contributed by atoms with Crippen LogP contribution in [0.1, 0.15) is 5.56 Å². The van der Waals surface area contributed by atoms with Crippen molar-refractivity contribution in [3.63, 3.8) is 0 Å². The highest BCUT2D eigenvalue weighted by molar-refractivity contribution is 7.89. The van der Waals surface area contributed by atoms with Crippen molar-refractivity contribution < 1.29 is 18.3 Å². The number of morpholine rings is 1. The van der Waals surface area contributed by atoms with Crippen LogP contribution in [0, 0.1) is 11.3 Å². The van der Waals surface area contributed by atoms with Crippen molar-refractivity contribution >= 4 is 10.0 Å². The first-order chi connectivity index (χ1) is 9.09. The Balaban J connectivity index is 2.35. The van der Waals surface area contributed by atoms with E-state index in [0.717, 1.165) is 0 Å². The molecule has 0 radical (unpaired) electrons. The molecule has 7 heteroatoms. The molecule has 19 heavy (non-hydrogen) atoms. The lowest BCUT2D eigenvalue weighted by molar-refractivity contribution is -0.0304. The summed E-state index contributed by atoms with van der Waals surface area (Å²) in [6.07, 6.45) is -0.516. The molecule has 1 aromatic carbocycles. The zero-order valence-electron chi connectivity index (χ0n) is 10.2. The third kappa shape index (κ3) is 2.77. The lowest BCUT2D eigenvalue weighted by Gasteiger charge is -2.31. The predicted octanol–water partition coefficient (Wildman–Crippen LogP) is -0.0599. The molecule has 1 aromatic rings. The zero-order valence-corrected chi connectivity index (χ0v) is 11.0. The summed E-state index contributed by atoms with van der Waals surface area (Å²) in [5.41, 5.74) is 0.120. The van der Waals surface area contributed by atoms with E-state index in [1.165, 1.54) is 16.4 Å². The van der Waals surface area contributed by atoms with Crippen LogP contribution >= 0.6 is 0 Å². The molecule has 1 aliphatic rings. The van der Waals surface area contributed by atoms with Gasteiger partial charge in [0.15, 0.2) is 0 Å². The summed E-state index contributed by atoms with van der Waals surface area (Å²) in [5, 5.41) is 18.0. The van der Waals surface area contributed by atoms with Crippen LogP contribution in [0.15, 0.2) is 29.2 Å². The molecule has 1 heterocycles. The summed E-state index contributed by atoms with van der Waals surface area (Å²) < 4.78 is 31.4. The van der Waals surface area contributed by atoms with Crippen molar-refractivity contribution in [2.24, 2.45) is 0 Å². The van der Waals surface area contributed by atoms with Crippen LogP contribution in [0.3, 0.4) is 0 Å². The Morgan fingerprint density at radius 1 is 1.47 bits per heavy atom. The van der Waals surface area contributed by atoms with Crippen LogP contribution in [0.4, 0.5) is 0 Å². The van der Waals surface area contributed by atoms with Gasteiger partial charge in [-0.1, -0.05) is 12.1 Å². The second kappa shape index (κ2) is 5.67. The molecular formula is C12H14N2O4S.